The van der Waals surface area contributed by atoms with Crippen molar-refractivity contribution in [3.63, 3.8) is 0 Å². The Balaban J connectivity index is 2.94. The molecule has 1 unspecified atom stereocenters. The molecule has 0 amide bonds. The summed E-state index contributed by atoms with van der Waals surface area (Å²) in [6.07, 6.45) is 1.25. The van der Waals surface area contributed by atoms with Gasteiger partial charge in [0.2, 0.25) is 0 Å². The summed E-state index contributed by atoms with van der Waals surface area (Å²) in [6.45, 7) is 13.4. The summed E-state index contributed by atoms with van der Waals surface area (Å²) in [5.41, 5.74) is 5.38. The third kappa shape index (κ3) is 13.9. The molecule has 6 N–H and O–H groups in total. The van der Waals surface area contributed by atoms with E-state index in [9.17, 15) is 0 Å². The standard InChI is InChI=1S/C13H33N5/c1-3-13(2)12-18-11-10-17-9-8-16-7-6-15-5-4-14/h13,15-18H,3-12,14H2,1-2H3. The number of hydrogen-bond donors (Lipinski definition) is 5. The average Bonchev–Trinajstić information content (AvgIpc) is 2.39. The van der Waals surface area contributed by atoms with Gasteiger partial charge in [0.1, 0.15) is 0 Å². The number of nitrogens with one attached hydrogen (secondary N) is 4. The van der Waals surface area contributed by atoms with Crippen molar-refractivity contribution in [2.24, 2.45) is 11.7 Å². The van der Waals surface area contributed by atoms with Crippen LogP contribution in [0.25, 0.3) is 0 Å². The van der Waals surface area contributed by atoms with E-state index in [1.54, 1.807) is 0 Å². The molecule has 0 rings (SSSR count). The number of hydrogen-bond acceptors (Lipinski definition) is 5. The molecule has 0 aliphatic heterocycles. The van der Waals surface area contributed by atoms with E-state index in [1.165, 1.54) is 6.42 Å². The normalized spacial score (nSPS) is 12.8. The monoisotopic (exact) mass is 259 g/mol. The molecular weight excluding hydrogens is 226 g/mol. The Hall–Kier alpha value is -0.200. The zero-order valence-electron chi connectivity index (χ0n) is 12.2. The number of rotatable bonds is 14. The van der Waals surface area contributed by atoms with Gasteiger partial charge in [-0.15, -0.1) is 0 Å². The molecule has 0 aromatic carbocycles. The van der Waals surface area contributed by atoms with Crippen LogP contribution < -0.4 is 27.0 Å². The molecule has 1 atom stereocenters. The highest BCUT2D eigenvalue weighted by Crippen LogP contribution is 1.96. The minimum Gasteiger partial charge on any atom is -0.329 e. The third-order valence-corrected chi connectivity index (χ3v) is 2.95. The molecule has 0 bridgehead atoms. The Morgan fingerprint density at radius 2 is 1.22 bits per heavy atom. The van der Waals surface area contributed by atoms with Crippen LogP contribution in [-0.4, -0.2) is 58.9 Å². The zero-order valence-corrected chi connectivity index (χ0v) is 12.2. The molecule has 0 spiro atoms. The maximum atomic E-state index is 5.38. The van der Waals surface area contributed by atoms with Crippen LogP contribution in [0.1, 0.15) is 20.3 Å². The molecule has 110 valence electrons. The van der Waals surface area contributed by atoms with Crippen LogP contribution in [0.15, 0.2) is 0 Å². The van der Waals surface area contributed by atoms with Crippen LogP contribution in [0, 0.1) is 5.92 Å². The van der Waals surface area contributed by atoms with Crippen LogP contribution >= 0.6 is 0 Å². The highest BCUT2D eigenvalue weighted by Gasteiger charge is 1.96. The van der Waals surface area contributed by atoms with Crippen LogP contribution in [0.3, 0.4) is 0 Å². The van der Waals surface area contributed by atoms with Gasteiger partial charge < -0.3 is 27.0 Å². The first-order chi connectivity index (χ1) is 8.81. The summed E-state index contributed by atoms with van der Waals surface area (Å²) >= 11 is 0. The molecule has 0 radical (unpaired) electrons. The second kappa shape index (κ2) is 14.9. The van der Waals surface area contributed by atoms with Gasteiger partial charge in [-0.2, -0.15) is 0 Å². The Morgan fingerprint density at radius 1 is 0.778 bits per heavy atom. The molecule has 0 heterocycles. The molecule has 0 aromatic heterocycles. The van der Waals surface area contributed by atoms with Crippen molar-refractivity contribution < 1.29 is 0 Å². The molecule has 0 aromatic rings. The van der Waals surface area contributed by atoms with E-state index in [2.05, 4.69) is 35.1 Å². The van der Waals surface area contributed by atoms with Gasteiger partial charge >= 0.3 is 0 Å². The van der Waals surface area contributed by atoms with Gasteiger partial charge in [0.25, 0.3) is 0 Å². The van der Waals surface area contributed by atoms with Crippen LogP contribution in [0.5, 0.6) is 0 Å². The quantitative estimate of drug-likeness (QED) is 0.268. The topological polar surface area (TPSA) is 74.1 Å². The minimum atomic E-state index is 0.713. The Morgan fingerprint density at radius 3 is 1.67 bits per heavy atom. The molecule has 0 saturated carbocycles. The molecule has 0 aliphatic rings. The molecule has 18 heavy (non-hydrogen) atoms. The lowest BCUT2D eigenvalue weighted by atomic mass is 10.1. The summed E-state index contributed by atoms with van der Waals surface area (Å²) in [6, 6.07) is 0. The Labute approximate surface area is 113 Å². The molecule has 5 nitrogen and oxygen atoms in total. The summed E-state index contributed by atoms with van der Waals surface area (Å²) in [5, 5.41) is 13.5. The molecule has 0 fully saturated rings. The lowest BCUT2D eigenvalue weighted by Gasteiger charge is -2.11. The van der Waals surface area contributed by atoms with Crippen LogP contribution in [0.2, 0.25) is 0 Å². The SMILES string of the molecule is CCC(C)CNCCNCCNCCNCCN. The lowest BCUT2D eigenvalue weighted by Crippen LogP contribution is -2.36. The van der Waals surface area contributed by atoms with E-state index in [4.69, 9.17) is 5.73 Å². The first kappa shape index (κ1) is 17.8. The number of nitrogens with two attached hydrogens (primary N) is 1. The van der Waals surface area contributed by atoms with E-state index < -0.39 is 0 Å². The van der Waals surface area contributed by atoms with Gasteiger partial charge in [-0.3, -0.25) is 0 Å². The maximum Gasteiger partial charge on any atom is 0.00772 e. The van der Waals surface area contributed by atoms with Gasteiger partial charge in [0.05, 0.1) is 0 Å². The highest BCUT2D eigenvalue weighted by molar-refractivity contribution is 4.58. The molecular formula is C13H33N5. The summed E-state index contributed by atoms with van der Waals surface area (Å²) < 4.78 is 0. The average molecular weight is 259 g/mol. The Bertz CT molecular complexity index is 154. The summed E-state index contributed by atoms with van der Waals surface area (Å²) in [4.78, 5) is 0. The Kier molecular flexibility index (Phi) is 14.7. The smallest absolute Gasteiger partial charge is 0.00772 e. The maximum absolute atomic E-state index is 5.38. The van der Waals surface area contributed by atoms with E-state index in [1.807, 2.05) is 0 Å². The second-order valence-corrected chi connectivity index (χ2v) is 4.76. The van der Waals surface area contributed by atoms with Crippen molar-refractivity contribution in [1.29, 1.82) is 0 Å². The third-order valence-electron chi connectivity index (χ3n) is 2.95. The van der Waals surface area contributed by atoms with Crippen molar-refractivity contribution >= 4 is 0 Å². The van der Waals surface area contributed by atoms with Gasteiger partial charge in [-0.1, -0.05) is 20.3 Å². The predicted molar refractivity (Wildman–Crippen MR) is 80.0 cm³/mol. The van der Waals surface area contributed by atoms with Crippen molar-refractivity contribution in [1.82, 2.24) is 21.3 Å². The minimum absolute atomic E-state index is 0.713. The summed E-state index contributed by atoms with van der Waals surface area (Å²) in [7, 11) is 0. The fourth-order valence-electron chi connectivity index (χ4n) is 1.50. The van der Waals surface area contributed by atoms with Gasteiger partial charge in [-0.25, -0.2) is 0 Å². The molecule has 0 aliphatic carbocycles. The van der Waals surface area contributed by atoms with E-state index in [0.29, 0.717) is 6.54 Å². The second-order valence-electron chi connectivity index (χ2n) is 4.76. The van der Waals surface area contributed by atoms with E-state index in [-0.39, 0.29) is 0 Å². The zero-order chi connectivity index (χ0) is 13.5. The predicted octanol–water partition coefficient (Wildman–Crippen LogP) is -0.650. The fourth-order valence-corrected chi connectivity index (χ4v) is 1.50. The summed E-state index contributed by atoms with van der Waals surface area (Å²) in [5.74, 6) is 0.785. The van der Waals surface area contributed by atoms with Crippen molar-refractivity contribution in [2.75, 3.05) is 58.9 Å². The fraction of sp³-hybridized carbons (Fsp3) is 1.00. The molecule has 5 heteroatoms. The van der Waals surface area contributed by atoms with Crippen molar-refractivity contribution in [2.45, 2.75) is 20.3 Å². The van der Waals surface area contributed by atoms with Gasteiger partial charge in [0, 0.05) is 52.4 Å². The van der Waals surface area contributed by atoms with E-state index in [0.717, 1.165) is 58.3 Å². The first-order valence-electron chi connectivity index (χ1n) is 7.34. The first-order valence-corrected chi connectivity index (χ1v) is 7.34. The van der Waals surface area contributed by atoms with Crippen molar-refractivity contribution in [3.8, 4) is 0 Å². The van der Waals surface area contributed by atoms with E-state index >= 15 is 0 Å². The van der Waals surface area contributed by atoms with Crippen LogP contribution in [0.4, 0.5) is 0 Å². The lowest BCUT2D eigenvalue weighted by molar-refractivity contribution is 0.491. The van der Waals surface area contributed by atoms with Crippen molar-refractivity contribution in [3.05, 3.63) is 0 Å². The van der Waals surface area contributed by atoms with Gasteiger partial charge in [-0.05, 0) is 12.5 Å². The highest BCUT2D eigenvalue weighted by atomic mass is 15.0. The largest absolute Gasteiger partial charge is 0.329 e. The van der Waals surface area contributed by atoms with Gasteiger partial charge in [0.15, 0.2) is 0 Å². The molecule has 0 saturated heterocycles. The van der Waals surface area contributed by atoms with Crippen LogP contribution in [-0.2, 0) is 0 Å².